The fourth-order valence-electron chi connectivity index (χ4n) is 0.903. The van der Waals surface area contributed by atoms with Gasteiger partial charge in [-0.3, -0.25) is 0 Å². The van der Waals surface area contributed by atoms with Crippen molar-refractivity contribution in [3.63, 3.8) is 0 Å². The Bertz CT molecular complexity index is 118. The van der Waals surface area contributed by atoms with Crippen LogP contribution < -0.4 is 0 Å². The van der Waals surface area contributed by atoms with Crippen molar-refractivity contribution < 1.29 is 0 Å². The second-order valence-electron chi connectivity index (χ2n) is 2.36. The summed E-state index contributed by atoms with van der Waals surface area (Å²) in [6.45, 7) is 8.03. The van der Waals surface area contributed by atoms with Crippen LogP contribution in [0.2, 0.25) is 0 Å². The smallest absolute Gasteiger partial charge is 0.0313 e. The first-order valence-corrected chi connectivity index (χ1v) is 3.98. The topological polar surface area (TPSA) is 0 Å². The van der Waals surface area contributed by atoms with Crippen LogP contribution in [0.25, 0.3) is 0 Å². The highest BCUT2D eigenvalue weighted by Gasteiger charge is 1.88. The maximum absolute atomic E-state index is 3.63. The van der Waals surface area contributed by atoms with Crippen LogP contribution in [-0.4, -0.2) is 0 Å². The van der Waals surface area contributed by atoms with Gasteiger partial charge in [0.05, 0.1) is 0 Å². The van der Waals surface area contributed by atoms with Crippen molar-refractivity contribution >= 4 is 0 Å². The van der Waals surface area contributed by atoms with E-state index in [1.165, 1.54) is 18.4 Å². The molecule has 0 fully saturated rings. The van der Waals surface area contributed by atoms with Crippen molar-refractivity contribution in [2.75, 3.05) is 0 Å². The molecular weight excluding hydrogens is 120 g/mol. The van der Waals surface area contributed by atoms with Gasteiger partial charge < -0.3 is 0 Å². The Morgan fingerprint density at radius 1 is 1.40 bits per heavy atom. The van der Waals surface area contributed by atoms with Gasteiger partial charge in [-0.05, 0) is 19.8 Å². The number of allylic oxidation sites excluding steroid dienone is 4. The molecule has 0 heteroatoms. The van der Waals surface area contributed by atoms with Crippen molar-refractivity contribution in [1.29, 1.82) is 0 Å². The Morgan fingerprint density at radius 2 is 2.10 bits per heavy atom. The van der Waals surface area contributed by atoms with Crippen LogP contribution in [0.1, 0.15) is 33.1 Å². The van der Waals surface area contributed by atoms with Crippen LogP contribution in [0.4, 0.5) is 0 Å². The molecule has 0 heterocycles. The zero-order valence-corrected chi connectivity index (χ0v) is 7.06. The predicted octanol–water partition coefficient (Wildman–Crippen LogP) is 3.51. The van der Waals surface area contributed by atoms with Gasteiger partial charge in [-0.15, -0.1) is 0 Å². The summed E-state index contributed by atoms with van der Waals surface area (Å²) < 4.78 is 0. The molecule has 0 spiro atoms. The minimum absolute atomic E-state index is 1.16. The van der Waals surface area contributed by atoms with E-state index in [2.05, 4.69) is 26.8 Å². The van der Waals surface area contributed by atoms with Gasteiger partial charge >= 0.3 is 0 Å². The molecule has 0 atom stereocenters. The van der Waals surface area contributed by atoms with Crippen molar-refractivity contribution in [1.82, 2.24) is 0 Å². The average Bonchev–Trinajstić information content (AvgIpc) is 1.98. The minimum atomic E-state index is 1.16. The second kappa shape index (κ2) is 6.60. The maximum Gasteiger partial charge on any atom is -0.0313 e. The quantitative estimate of drug-likeness (QED) is 0.520. The van der Waals surface area contributed by atoms with Crippen LogP contribution in [0.5, 0.6) is 0 Å². The molecule has 0 saturated carbocycles. The molecule has 0 aliphatic heterocycles. The molecule has 0 aromatic rings. The minimum Gasteiger partial charge on any atom is -0.0842 e. The van der Waals surface area contributed by atoms with Gasteiger partial charge in [0, 0.05) is 0 Å². The molecule has 1 radical (unpaired) electrons. The highest BCUT2D eigenvalue weighted by molar-refractivity contribution is 5.12. The molecule has 0 saturated heterocycles. The molecule has 0 N–H and O–H groups in total. The van der Waals surface area contributed by atoms with Crippen LogP contribution >= 0.6 is 0 Å². The summed E-state index contributed by atoms with van der Waals surface area (Å²) >= 11 is 0. The van der Waals surface area contributed by atoms with Crippen LogP contribution in [-0.2, 0) is 0 Å². The van der Waals surface area contributed by atoms with Gasteiger partial charge in [0.2, 0.25) is 0 Å². The molecule has 0 bridgehead atoms. The van der Waals surface area contributed by atoms with Crippen molar-refractivity contribution in [3.8, 4) is 0 Å². The Kier molecular flexibility index (Phi) is 6.25. The first kappa shape index (κ1) is 9.48. The first-order chi connectivity index (χ1) is 4.85. The van der Waals surface area contributed by atoms with E-state index in [9.17, 15) is 0 Å². The summed E-state index contributed by atoms with van der Waals surface area (Å²) in [5, 5.41) is 0. The molecule has 10 heavy (non-hydrogen) atoms. The summed E-state index contributed by atoms with van der Waals surface area (Å²) in [4.78, 5) is 0. The Balaban J connectivity index is 3.78. The number of hydrogen-bond acceptors (Lipinski definition) is 0. The third-order valence-electron chi connectivity index (χ3n) is 1.49. The van der Waals surface area contributed by atoms with Gasteiger partial charge in [-0.2, -0.15) is 0 Å². The molecule has 0 aromatic carbocycles. The van der Waals surface area contributed by atoms with Crippen molar-refractivity contribution in [3.05, 3.63) is 30.7 Å². The van der Waals surface area contributed by atoms with E-state index >= 15 is 0 Å². The molecule has 0 aliphatic rings. The predicted molar refractivity (Wildman–Crippen MR) is 47.8 cm³/mol. The molecular formula is C10H17. The molecule has 0 amide bonds. The van der Waals surface area contributed by atoms with Gasteiger partial charge in [0.25, 0.3) is 0 Å². The fourth-order valence-corrected chi connectivity index (χ4v) is 0.903. The van der Waals surface area contributed by atoms with Crippen molar-refractivity contribution in [2.45, 2.75) is 33.1 Å². The Labute approximate surface area is 64.6 Å². The van der Waals surface area contributed by atoms with E-state index in [4.69, 9.17) is 0 Å². The number of hydrogen-bond donors (Lipinski definition) is 0. The lowest BCUT2D eigenvalue weighted by Gasteiger charge is -1.98. The largest absolute Gasteiger partial charge is 0.0842 e. The zero-order valence-electron chi connectivity index (χ0n) is 7.06. The van der Waals surface area contributed by atoms with Gasteiger partial charge in [0.1, 0.15) is 0 Å². The molecule has 0 nitrogen and oxygen atoms in total. The van der Waals surface area contributed by atoms with E-state index < -0.39 is 0 Å². The second-order valence-corrected chi connectivity index (χ2v) is 2.36. The van der Waals surface area contributed by atoms with Crippen LogP contribution in [0.15, 0.2) is 23.8 Å². The standard InChI is InChI=1S/C10H17/c1-4-7-9-10(6-3)8-5-2/h4,7,9H,1,5-6,8H2,2-3H3/b7-4+,10-9+. The lowest BCUT2D eigenvalue weighted by molar-refractivity contribution is 0.859. The summed E-state index contributed by atoms with van der Waals surface area (Å²) in [6, 6.07) is 0. The van der Waals surface area contributed by atoms with Gasteiger partial charge in [-0.25, -0.2) is 0 Å². The summed E-state index contributed by atoms with van der Waals surface area (Å²) in [5.41, 5.74) is 1.52. The fraction of sp³-hybridized carbons (Fsp3) is 0.500. The SMILES string of the molecule is [CH2]/C=C/C=C(\CC)CCC. The van der Waals surface area contributed by atoms with E-state index in [-0.39, 0.29) is 0 Å². The van der Waals surface area contributed by atoms with E-state index in [0.29, 0.717) is 0 Å². The number of rotatable bonds is 4. The van der Waals surface area contributed by atoms with Gasteiger partial charge in [0.15, 0.2) is 0 Å². The van der Waals surface area contributed by atoms with Crippen LogP contribution in [0.3, 0.4) is 0 Å². The highest BCUT2D eigenvalue weighted by atomic mass is 13.9. The Hall–Kier alpha value is -0.520. The lowest BCUT2D eigenvalue weighted by atomic mass is 10.1. The molecule has 57 valence electrons. The van der Waals surface area contributed by atoms with E-state index in [0.717, 1.165) is 6.42 Å². The average molecular weight is 137 g/mol. The zero-order chi connectivity index (χ0) is 7.82. The molecule has 0 aliphatic carbocycles. The van der Waals surface area contributed by atoms with E-state index in [1.807, 2.05) is 12.2 Å². The normalized spacial score (nSPS) is 12.9. The third kappa shape index (κ3) is 4.37. The summed E-state index contributed by atoms with van der Waals surface area (Å²) in [5.74, 6) is 0. The monoisotopic (exact) mass is 137 g/mol. The molecule has 0 unspecified atom stereocenters. The third-order valence-corrected chi connectivity index (χ3v) is 1.49. The summed E-state index contributed by atoms with van der Waals surface area (Å²) in [7, 11) is 0. The van der Waals surface area contributed by atoms with Crippen molar-refractivity contribution in [2.24, 2.45) is 0 Å². The molecule has 0 aromatic heterocycles. The molecule has 0 rings (SSSR count). The maximum atomic E-state index is 3.63. The van der Waals surface area contributed by atoms with E-state index in [1.54, 1.807) is 0 Å². The first-order valence-electron chi connectivity index (χ1n) is 3.98. The van der Waals surface area contributed by atoms with Gasteiger partial charge in [-0.1, -0.05) is 44.1 Å². The Morgan fingerprint density at radius 3 is 2.50 bits per heavy atom. The van der Waals surface area contributed by atoms with Crippen LogP contribution in [0, 0.1) is 6.92 Å². The lowest BCUT2D eigenvalue weighted by Crippen LogP contribution is -1.77. The highest BCUT2D eigenvalue weighted by Crippen LogP contribution is 2.08. The summed E-state index contributed by atoms with van der Waals surface area (Å²) in [6.07, 6.45) is 9.62.